The van der Waals surface area contributed by atoms with Gasteiger partial charge in [-0.25, -0.2) is 8.78 Å². The van der Waals surface area contributed by atoms with Crippen molar-refractivity contribution >= 4 is 11.4 Å². The molecule has 0 atom stereocenters. The summed E-state index contributed by atoms with van der Waals surface area (Å²) in [5.41, 5.74) is 0.0266. The van der Waals surface area contributed by atoms with E-state index in [0.717, 1.165) is 24.8 Å². The quantitative estimate of drug-likeness (QED) is 0.630. The number of hydrogen-bond donors (Lipinski definition) is 1. The summed E-state index contributed by atoms with van der Waals surface area (Å²) in [6.45, 7) is 0.690. The minimum Gasteiger partial charge on any atom is -0.384 e. The van der Waals surface area contributed by atoms with E-state index in [1.54, 1.807) is 0 Å². The van der Waals surface area contributed by atoms with Gasteiger partial charge in [0.25, 0.3) is 12.1 Å². The van der Waals surface area contributed by atoms with Gasteiger partial charge >= 0.3 is 0 Å². The highest BCUT2D eigenvalue weighted by molar-refractivity contribution is 5.57. The van der Waals surface area contributed by atoms with Gasteiger partial charge in [-0.1, -0.05) is 0 Å². The lowest BCUT2D eigenvalue weighted by Crippen LogP contribution is -2.18. The molecule has 1 N–H and O–H groups in total. The van der Waals surface area contributed by atoms with Crippen LogP contribution in [0.15, 0.2) is 18.2 Å². The van der Waals surface area contributed by atoms with E-state index in [9.17, 15) is 18.9 Å². The number of anilines is 1. The van der Waals surface area contributed by atoms with E-state index >= 15 is 0 Å². The van der Waals surface area contributed by atoms with Crippen molar-refractivity contribution in [3.63, 3.8) is 0 Å². The maximum absolute atomic E-state index is 13.0. The third kappa shape index (κ3) is 2.46. The average molecular weight is 282 g/mol. The number of benzene rings is 1. The van der Waals surface area contributed by atoms with E-state index in [-0.39, 0.29) is 11.3 Å². The second-order valence-electron chi connectivity index (χ2n) is 5.82. The van der Waals surface area contributed by atoms with Crippen molar-refractivity contribution in [3.05, 3.63) is 33.9 Å². The van der Waals surface area contributed by atoms with Gasteiger partial charge in [-0.3, -0.25) is 10.1 Å². The summed E-state index contributed by atoms with van der Waals surface area (Å²) in [7, 11) is 0. The van der Waals surface area contributed by atoms with E-state index in [1.165, 1.54) is 25.0 Å². The molecular formula is C14H16F2N2O2. The van der Waals surface area contributed by atoms with Crippen LogP contribution in [0, 0.1) is 21.4 Å². The van der Waals surface area contributed by atoms with Crippen LogP contribution in [0.3, 0.4) is 0 Å². The van der Waals surface area contributed by atoms with Gasteiger partial charge in [-0.15, -0.1) is 0 Å². The van der Waals surface area contributed by atoms with Crippen LogP contribution in [-0.4, -0.2) is 11.5 Å². The molecule has 2 fully saturated rings. The number of nitrogens with one attached hydrogen (secondary N) is 1. The van der Waals surface area contributed by atoms with Gasteiger partial charge in [0.05, 0.1) is 4.92 Å². The average Bonchev–Trinajstić information content (AvgIpc) is 3.27. The Balaban J connectivity index is 1.76. The monoisotopic (exact) mass is 282 g/mol. The van der Waals surface area contributed by atoms with Crippen LogP contribution in [0.4, 0.5) is 20.2 Å². The van der Waals surface area contributed by atoms with E-state index in [0.29, 0.717) is 17.6 Å². The molecule has 1 aromatic carbocycles. The zero-order valence-electron chi connectivity index (χ0n) is 10.9. The third-order valence-corrected chi connectivity index (χ3v) is 4.45. The summed E-state index contributed by atoms with van der Waals surface area (Å²) >= 11 is 0. The molecule has 2 saturated carbocycles. The molecule has 20 heavy (non-hydrogen) atoms. The topological polar surface area (TPSA) is 55.2 Å². The van der Waals surface area contributed by atoms with Crippen molar-refractivity contribution in [1.82, 2.24) is 0 Å². The molecule has 1 aromatic rings. The largest absolute Gasteiger partial charge is 0.384 e. The maximum atomic E-state index is 13.0. The van der Waals surface area contributed by atoms with Gasteiger partial charge in [-0.2, -0.15) is 0 Å². The van der Waals surface area contributed by atoms with Crippen molar-refractivity contribution in [3.8, 4) is 0 Å². The lowest BCUT2D eigenvalue weighted by atomic mass is 10.0. The molecule has 0 bridgehead atoms. The molecule has 0 unspecified atom stereocenters. The Bertz CT molecular complexity index is 540. The zero-order chi connectivity index (χ0) is 14.3. The lowest BCUT2D eigenvalue weighted by molar-refractivity contribution is -0.385. The number of nitro benzene ring substituents is 1. The standard InChI is InChI=1S/C14H16F2N2O2/c15-13(16)11-7-10(18(19)20)3-4-12(11)17-8-14(5-6-14)9-1-2-9/h3-4,7,9,13,17H,1-2,5-6,8H2. The first kappa shape index (κ1) is 13.3. The minimum atomic E-state index is -2.71. The summed E-state index contributed by atoms with van der Waals surface area (Å²) in [6.07, 6.45) is 2.07. The molecule has 4 nitrogen and oxygen atoms in total. The van der Waals surface area contributed by atoms with Gasteiger partial charge in [-0.05, 0) is 43.1 Å². The van der Waals surface area contributed by atoms with Gasteiger partial charge in [0.2, 0.25) is 0 Å². The summed E-state index contributed by atoms with van der Waals surface area (Å²) in [5.74, 6) is 0.739. The molecule has 0 radical (unpaired) electrons. The maximum Gasteiger partial charge on any atom is 0.270 e. The molecule has 0 spiro atoms. The molecule has 0 aromatic heterocycles. The van der Waals surface area contributed by atoms with Crippen LogP contribution in [0.2, 0.25) is 0 Å². The minimum absolute atomic E-state index is 0.286. The number of nitrogens with zero attached hydrogens (tertiary/aromatic N) is 1. The normalized spacial score (nSPS) is 19.9. The van der Waals surface area contributed by atoms with Crippen molar-refractivity contribution in [2.45, 2.75) is 32.1 Å². The zero-order valence-corrected chi connectivity index (χ0v) is 10.9. The van der Waals surface area contributed by atoms with E-state index in [1.807, 2.05) is 0 Å². The predicted octanol–water partition coefficient (Wildman–Crippen LogP) is 4.13. The lowest BCUT2D eigenvalue weighted by Gasteiger charge is -2.18. The van der Waals surface area contributed by atoms with E-state index < -0.39 is 11.3 Å². The first-order valence-corrected chi connectivity index (χ1v) is 6.82. The number of nitro groups is 1. The van der Waals surface area contributed by atoms with Crippen molar-refractivity contribution < 1.29 is 13.7 Å². The number of hydrogen-bond acceptors (Lipinski definition) is 3. The van der Waals surface area contributed by atoms with Crippen molar-refractivity contribution in [2.24, 2.45) is 11.3 Å². The molecule has 0 heterocycles. The Morgan fingerprint density at radius 2 is 2.10 bits per heavy atom. The van der Waals surface area contributed by atoms with Crippen LogP contribution >= 0.6 is 0 Å². The number of alkyl halides is 2. The highest BCUT2D eigenvalue weighted by Gasteiger charge is 2.53. The molecule has 2 aliphatic rings. The number of halogens is 2. The van der Waals surface area contributed by atoms with Gasteiger partial charge in [0.15, 0.2) is 0 Å². The van der Waals surface area contributed by atoms with Gasteiger partial charge in [0.1, 0.15) is 0 Å². The Hall–Kier alpha value is -1.72. The number of rotatable bonds is 6. The predicted molar refractivity (Wildman–Crippen MR) is 70.9 cm³/mol. The van der Waals surface area contributed by atoms with Crippen LogP contribution in [0.25, 0.3) is 0 Å². The molecule has 6 heteroatoms. The van der Waals surface area contributed by atoms with Crippen LogP contribution in [0.5, 0.6) is 0 Å². The fourth-order valence-electron chi connectivity index (χ4n) is 2.86. The highest BCUT2D eigenvalue weighted by Crippen LogP contribution is 2.61. The summed E-state index contributed by atoms with van der Waals surface area (Å²) < 4.78 is 26.0. The third-order valence-electron chi connectivity index (χ3n) is 4.45. The van der Waals surface area contributed by atoms with E-state index in [2.05, 4.69) is 5.32 Å². The molecule has 0 saturated heterocycles. The number of non-ortho nitro benzene ring substituents is 1. The van der Waals surface area contributed by atoms with Crippen molar-refractivity contribution in [2.75, 3.05) is 11.9 Å². The molecular weight excluding hydrogens is 266 g/mol. The Morgan fingerprint density at radius 1 is 1.40 bits per heavy atom. The van der Waals surface area contributed by atoms with Crippen molar-refractivity contribution in [1.29, 1.82) is 0 Å². The van der Waals surface area contributed by atoms with Crippen LogP contribution in [-0.2, 0) is 0 Å². The second-order valence-corrected chi connectivity index (χ2v) is 5.82. The fraction of sp³-hybridized carbons (Fsp3) is 0.571. The van der Waals surface area contributed by atoms with Gasteiger partial charge < -0.3 is 5.32 Å². The molecule has 108 valence electrons. The Labute approximate surface area is 115 Å². The molecule has 0 aliphatic heterocycles. The fourth-order valence-corrected chi connectivity index (χ4v) is 2.86. The highest BCUT2D eigenvalue weighted by atomic mass is 19.3. The molecule has 2 aliphatic carbocycles. The first-order valence-electron chi connectivity index (χ1n) is 6.82. The van der Waals surface area contributed by atoms with Gasteiger partial charge in [0, 0.05) is 29.9 Å². The molecule has 3 rings (SSSR count). The summed E-state index contributed by atoms with van der Waals surface area (Å²) in [4.78, 5) is 10.0. The first-order chi connectivity index (χ1) is 9.52. The second kappa shape index (κ2) is 4.68. The van der Waals surface area contributed by atoms with Crippen LogP contribution in [0.1, 0.15) is 37.7 Å². The Morgan fingerprint density at radius 3 is 2.60 bits per heavy atom. The summed E-state index contributed by atoms with van der Waals surface area (Å²) in [5, 5.41) is 13.7. The Kier molecular flexibility index (Phi) is 3.11. The molecule has 0 amide bonds. The SMILES string of the molecule is O=[N+]([O-])c1ccc(NCC2(C3CC3)CC2)c(C(F)F)c1. The van der Waals surface area contributed by atoms with Crippen LogP contribution < -0.4 is 5.32 Å². The smallest absolute Gasteiger partial charge is 0.270 e. The summed E-state index contributed by atoms with van der Waals surface area (Å²) in [6, 6.07) is 3.62. The van der Waals surface area contributed by atoms with E-state index in [4.69, 9.17) is 0 Å².